The van der Waals surface area contributed by atoms with Crippen molar-refractivity contribution in [2.75, 3.05) is 31.1 Å². The Hall–Kier alpha value is -2.59. The van der Waals surface area contributed by atoms with Crippen LogP contribution in [0.1, 0.15) is 0 Å². The summed E-state index contributed by atoms with van der Waals surface area (Å²) >= 11 is 0. The number of hydrogen-bond acceptors (Lipinski definition) is 5. The highest BCUT2D eigenvalue weighted by Gasteiger charge is 2.32. The van der Waals surface area contributed by atoms with Crippen molar-refractivity contribution in [3.8, 4) is 0 Å². The van der Waals surface area contributed by atoms with Gasteiger partial charge in [-0.3, -0.25) is 10.1 Å². The maximum absolute atomic E-state index is 13.8. The molecule has 2 aromatic carbocycles. The molecule has 1 fully saturated rings. The maximum atomic E-state index is 13.8. The number of anilines is 1. The second kappa shape index (κ2) is 6.96. The number of sulfonamides is 1. The molecule has 26 heavy (non-hydrogen) atoms. The molecule has 0 spiro atoms. The first-order valence-electron chi connectivity index (χ1n) is 7.74. The summed E-state index contributed by atoms with van der Waals surface area (Å²) in [6, 6.07) is 8.22. The number of nitrogens with zero attached hydrogens (tertiary/aromatic N) is 3. The average Bonchev–Trinajstić information content (AvgIpc) is 2.61. The third-order valence-corrected chi connectivity index (χ3v) is 6.10. The Bertz CT molecular complexity index is 944. The zero-order valence-electron chi connectivity index (χ0n) is 13.5. The third kappa shape index (κ3) is 3.37. The van der Waals surface area contributed by atoms with E-state index < -0.39 is 31.5 Å². The summed E-state index contributed by atoms with van der Waals surface area (Å²) in [5, 5.41) is 11.1. The van der Waals surface area contributed by atoms with Crippen molar-refractivity contribution in [2.24, 2.45) is 0 Å². The summed E-state index contributed by atoms with van der Waals surface area (Å²) in [7, 11) is -4.01. The minimum atomic E-state index is -4.01. The lowest BCUT2D eigenvalue weighted by atomic mass is 10.2. The molecule has 10 heteroatoms. The van der Waals surface area contributed by atoms with E-state index in [1.54, 1.807) is 4.90 Å². The first-order chi connectivity index (χ1) is 12.3. The summed E-state index contributed by atoms with van der Waals surface area (Å²) in [5.74, 6) is -1.46. The van der Waals surface area contributed by atoms with Gasteiger partial charge in [0.25, 0.3) is 5.69 Å². The largest absolute Gasteiger partial charge is 0.363 e. The normalized spacial score (nSPS) is 15.8. The Morgan fingerprint density at radius 3 is 2.27 bits per heavy atom. The molecular weight excluding hydrogens is 368 g/mol. The van der Waals surface area contributed by atoms with Crippen LogP contribution in [0.15, 0.2) is 47.4 Å². The molecule has 0 amide bonds. The molecule has 7 nitrogen and oxygen atoms in total. The molecular formula is C16H15F2N3O4S. The first kappa shape index (κ1) is 18.2. The molecule has 0 aromatic heterocycles. The van der Waals surface area contributed by atoms with Gasteiger partial charge in [-0.1, -0.05) is 12.1 Å². The summed E-state index contributed by atoms with van der Waals surface area (Å²) in [5.41, 5.74) is -0.158. The maximum Gasteiger partial charge on any atom is 0.292 e. The molecule has 0 aliphatic carbocycles. The molecule has 1 heterocycles. The number of hydrogen-bond donors (Lipinski definition) is 0. The van der Waals surface area contributed by atoms with Gasteiger partial charge >= 0.3 is 0 Å². The van der Waals surface area contributed by atoms with E-state index in [-0.39, 0.29) is 37.6 Å². The van der Waals surface area contributed by atoms with Gasteiger partial charge in [0.1, 0.15) is 22.2 Å². The predicted molar refractivity (Wildman–Crippen MR) is 90.4 cm³/mol. The number of nitro benzene ring substituents is 1. The van der Waals surface area contributed by atoms with E-state index in [4.69, 9.17) is 0 Å². The van der Waals surface area contributed by atoms with E-state index in [0.717, 1.165) is 28.6 Å². The van der Waals surface area contributed by atoms with Crippen LogP contribution in [-0.4, -0.2) is 43.8 Å². The molecule has 138 valence electrons. The summed E-state index contributed by atoms with van der Waals surface area (Å²) in [6.07, 6.45) is 0. The smallest absolute Gasteiger partial charge is 0.292 e. The molecule has 1 aliphatic rings. The lowest BCUT2D eigenvalue weighted by Gasteiger charge is -2.35. The Kier molecular flexibility index (Phi) is 4.88. The predicted octanol–water partition coefficient (Wildman–Crippen LogP) is 2.38. The number of piperazine rings is 1. The van der Waals surface area contributed by atoms with Gasteiger partial charge in [-0.15, -0.1) is 0 Å². The van der Waals surface area contributed by atoms with Crippen LogP contribution in [0.5, 0.6) is 0 Å². The van der Waals surface area contributed by atoms with Crippen molar-refractivity contribution in [2.45, 2.75) is 4.90 Å². The minimum absolute atomic E-state index is 0.00430. The van der Waals surface area contributed by atoms with Gasteiger partial charge in [-0.2, -0.15) is 4.31 Å². The zero-order chi connectivity index (χ0) is 18.9. The van der Waals surface area contributed by atoms with Crippen LogP contribution in [0, 0.1) is 21.7 Å². The summed E-state index contributed by atoms with van der Waals surface area (Å²) in [6.45, 7) is 0.255. The van der Waals surface area contributed by atoms with Gasteiger partial charge in [-0.25, -0.2) is 17.2 Å². The molecule has 0 N–H and O–H groups in total. The van der Waals surface area contributed by atoms with Crippen molar-refractivity contribution in [1.82, 2.24) is 4.31 Å². The fraction of sp³-hybridized carbons (Fsp3) is 0.250. The van der Waals surface area contributed by atoms with Gasteiger partial charge in [-0.05, 0) is 18.2 Å². The zero-order valence-corrected chi connectivity index (χ0v) is 14.3. The third-order valence-electron chi connectivity index (χ3n) is 4.17. The van der Waals surface area contributed by atoms with Crippen molar-refractivity contribution in [1.29, 1.82) is 0 Å². The number of benzene rings is 2. The molecule has 2 aromatic rings. The Labute approximate surface area is 148 Å². The van der Waals surface area contributed by atoms with Gasteiger partial charge in [0.05, 0.1) is 4.92 Å². The topological polar surface area (TPSA) is 83.8 Å². The van der Waals surface area contributed by atoms with Gasteiger partial charge in [0.15, 0.2) is 0 Å². The van der Waals surface area contributed by atoms with E-state index in [9.17, 15) is 27.3 Å². The van der Waals surface area contributed by atoms with Crippen LogP contribution in [0.3, 0.4) is 0 Å². The van der Waals surface area contributed by atoms with Gasteiger partial charge in [0, 0.05) is 38.3 Å². The molecule has 1 aliphatic heterocycles. The van der Waals surface area contributed by atoms with Crippen molar-refractivity contribution >= 4 is 21.4 Å². The minimum Gasteiger partial charge on any atom is -0.363 e. The summed E-state index contributed by atoms with van der Waals surface area (Å²) in [4.78, 5) is 11.7. The highest BCUT2D eigenvalue weighted by Crippen LogP contribution is 2.30. The van der Waals surface area contributed by atoms with Crippen LogP contribution >= 0.6 is 0 Å². The lowest BCUT2D eigenvalue weighted by Crippen LogP contribution is -2.49. The highest BCUT2D eigenvalue weighted by molar-refractivity contribution is 7.89. The standard InChI is InChI=1S/C16H15F2N3O4S/c17-12-5-6-14(21(22)23)15(11-12)19-7-9-20(10-8-19)26(24,25)16-4-2-1-3-13(16)18/h1-6,11H,7-10H2. The lowest BCUT2D eigenvalue weighted by molar-refractivity contribution is -0.384. The number of halogens is 2. The van der Waals surface area contributed by atoms with E-state index >= 15 is 0 Å². The molecule has 0 unspecified atom stereocenters. The van der Waals surface area contributed by atoms with Crippen LogP contribution in [0.25, 0.3) is 0 Å². The van der Waals surface area contributed by atoms with Crippen molar-refractivity contribution in [3.05, 3.63) is 64.2 Å². The molecule has 0 bridgehead atoms. The van der Waals surface area contributed by atoms with Crippen molar-refractivity contribution < 1.29 is 22.1 Å². The SMILES string of the molecule is O=[N+]([O-])c1ccc(F)cc1N1CCN(S(=O)(=O)c2ccccc2F)CC1. The fourth-order valence-corrected chi connectivity index (χ4v) is 4.35. The molecule has 0 atom stereocenters. The number of nitro groups is 1. The Morgan fingerprint density at radius 1 is 1.00 bits per heavy atom. The Morgan fingerprint density at radius 2 is 1.65 bits per heavy atom. The highest BCUT2D eigenvalue weighted by atomic mass is 32.2. The number of rotatable bonds is 4. The molecule has 1 saturated heterocycles. The van der Waals surface area contributed by atoms with Crippen LogP contribution in [0.4, 0.5) is 20.2 Å². The second-order valence-electron chi connectivity index (χ2n) is 5.71. The van der Waals surface area contributed by atoms with E-state index in [1.807, 2.05) is 0 Å². The molecule has 3 rings (SSSR count). The van der Waals surface area contributed by atoms with Crippen LogP contribution in [-0.2, 0) is 10.0 Å². The average molecular weight is 383 g/mol. The summed E-state index contributed by atoms with van der Waals surface area (Å²) < 4.78 is 53.6. The van der Waals surface area contributed by atoms with Crippen molar-refractivity contribution in [3.63, 3.8) is 0 Å². The fourth-order valence-electron chi connectivity index (χ4n) is 2.87. The van der Waals surface area contributed by atoms with Crippen LogP contribution < -0.4 is 4.90 Å². The molecule has 0 radical (unpaired) electrons. The molecule has 0 saturated carbocycles. The first-order valence-corrected chi connectivity index (χ1v) is 9.18. The Balaban J connectivity index is 1.81. The monoisotopic (exact) mass is 383 g/mol. The van der Waals surface area contributed by atoms with E-state index in [1.165, 1.54) is 18.2 Å². The van der Waals surface area contributed by atoms with Gasteiger partial charge in [0.2, 0.25) is 10.0 Å². The second-order valence-corrected chi connectivity index (χ2v) is 7.62. The van der Waals surface area contributed by atoms with Crippen LogP contribution in [0.2, 0.25) is 0 Å². The van der Waals surface area contributed by atoms with E-state index in [2.05, 4.69) is 0 Å². The van der Waals surface area contributed by atoms with E-state index in [0.29, 0.717) is 0 Å². The quantitative estimate of drug-likeness (QED) is 0.598. The van der Waals surface area contributed by atoms with Gasteiger partial charge < -0.3 is 4.90 Å².